The minimum atomic E-state index is 0.146. The van der Waals surface area contributed by atoms with E-state index in [9.17, 15) is 0 Å². The summed E-state index contributed by atoms with van der Waals surface area (Å²) in [5.74, 6) is 0.716. The highest BCUT2D eigenvalue weighted by molar-refractivity contribution is 4.92. The quantitative estimate of drug-likeness (QED) is 0.574. The van der Waals surface area contributed by atoms with Gasteiger partial charge >= 0.3 is 0 Å². The standard InChI is InChI=1S/C8H16O/c1-7(2)4-5-8(3)6-9/h7,9H,3-6H2,1-2H3. The monoisotopic (exact) mass is 128 g/mol. The Balaban J connectivity index is 3.17. The van der Waals surface area contributed by atoms with Gasteiger partial charge in [-0.25, -0.2) is 0 Å². The van der Waals surface area contributed by atoms with Crippen LogP contribution in [0.3, 0.4) is 0 Å². The Hall–Kier alpha value is -0.300. The first-order valence-corrected chi connectivity index (χ1v) is 3.44. The van der Waals surface area contributed by atoms with Crippen molar-refractivity contribution < 1.29 is 5.11 Å². The van der Waals surface area contributed by atoms with Gasteiger partial charge in [0.15, 0.2) is 0 Å². The van der Waals surface area contributed by atoms with Gasteiger partial charge in [-0.05, 0) is 18.8 Å². The van der Waals surface area contributed by atoms with Crippen LogP contribution in [-0.2, 0) is 0 Å². The minimum absolute atomic E-state index is 0.146. The van der Waals surface area contributed by atoms with Gasteiger partial charge in [0.2, 0.25) is 0 Å². The summed E-state index contributed by atoms with van der Waals surface area (Å²) < 4.78 is 0. The van der Waals surface area contributed by atoms with Crippen molar-refractivity contribution in [1.29, 1.82) is 0 Å². The smallest absolute Gasteiger partial charge is 0.0639 e. The van der Waals surface area contributed by atoms with Crippen molar-refractivity contribution >= 4 is 0 Å². The molecule has 0 saturated carbocycles. The lowest BCUT2D eigenvalue weighted by molar-refractivity contribution is 0.324. The van der Waals surface area contributed by atoms with E-state index in [-0.39, 0.29) is 6.61 Å². The van der Waals surface area contributed by atoms with Gasteiger partial charge in [0.25, 0.3) is 0 Å². The molecule has 0 unspecified atom stereocenters. The summed E-state index contributed by atoms with van der Waals surface area (Å²) in [7, 11) is 0. The van der Waals surface area contributed by atoms with Gasteiger partial charge in [0.1, 0.15) is 0 Å². The van der Waals surface area contributed by atoms with Crippen LogP contribution >= 0.6 is 0 Å². The van der Waals surface area contributed by atoms with Crippen LogP contribution in [0.4, 0.5) is 0 Å². The van der Waals surface area contributed by atoms with E-state index < -0.39 is 0 Å². The van der Waals surface area contributed by atoms with E-state index in [1.165, 1.54) is 0 Å². The second-order valence-corrected chi connectivity index (χ2v) is 2.84. The van der Waals surface area contributed by atoms with E-state index >= 15 is 0 Å². The molecule has 0 saturated heterocycles. The van der Waals surface area contributed by atoms with Gasteiger partial charge in [-0.1, -0.05) is 26.0 Å². The molecule has 0 aromatic heterocycles. The molecular formula is C8H16O. The highest BCUT2D eigenvalue weighted by Crippen LogP contribution is 2.08. The fraction of sp³-hybridized carbons (Fsp3) is 0.750. The molecule has 0 bridgehead atoms. The first kappa shape index (κ1) is 8.70. The van der Waals surface area contributed by atoms with Gasteiger partial charge in [0, 0.05) is 0 Å². The molecule has 0 amide bonds. The Morgan fingerprint density at radius 2 is 2.11 bits per heavy atom. The molecule has 0 aromatic carbocycles. The van der Waals surface area contributed by atoms with Crippen molar-refractivity contribution in [3.05, 3.63) is 12.2 Å². The number of hydrogen-bond donors (Lipinski definition) is 1. The Bertz CT molecular complexity index is 84.6. The molecule has 0 fully saturated rings. The minimum Gasteiger partial charge on any atom is -0.392 e. The lowest BCUT2D eigenvalue weighted by Gasteiger charge is -2.03. The van der Waals surface area contributed by atoms with Crippen molar-refractivity contribution in [2.75, 3.05) is 6.61 Å². The van der Waals surface area contributed by atoms with Crippen LogP contribution < -0.4 is 0 Å². The Morgan fingerprint density at radius 3 is 2.44 bits per heavy atom. The average Bonchev–Trinajstić information content (AvgIpc) is 1.83. The summed E-state index contributed by atoms with van der Waals surface area (Å²) in [5.41, 5.74) is 0.948. The molecule has 1 nitrogen and oxygen atoms in total. The second kappa shape index (κ2) is 4.57. The van der Waals surface area contributed by atoms with Crippen molar-refractivity contribution in [3.63, 3.8) is 0 Å². The van der Waals surface area contributed by atoms with Crippen LogP contribution in [0, 0.1) is 5.92 Å². The van der Waals surface area contributed by atoms with Gasteiger partial charge in [-0.3, -0.25) is 0 Å². The third-order valence-electron chi connectivity index (χ3n) is 1.30. The summed E-state index contributed by atoms with van der Waals surface area (Å²) in [6.45, 7) is 8.18. The molecule has 0 aromatic rings. The molecular weight excluding hydrogens is 112 g/mol. The predicted octanol–water partition coefficient (Wildman–Crippen LogP) is 1.97. The summed E-state index contributed by atoms with van der Waals surface area (Å²) in [6, 6.07) is 0. The maximum absolute atomic E-state index is 8.55. The molecule has 54 valence electrons. The largest absolute Gasteiger partial charge is 0.392 e. The Morgan fingerprint density at radius 1 is 1.56 bits per heavy atom. The normalized spacial score (nSPS) is 10.2. The molecule has 0 heterocycles. The van der Waals surface area contributed by atoms with Gasteiger partial charge in [-0.2, -0.15) is 0 Å². The lowest BCUT2D eigenvalue weighted by atomic mass is 10.0. The Kier molecular flexibility index (Phi) is 4.41. The second-order valence-electron chi connectivity index (χ2n) is 2.84. The zero-order valence-electron chi connectivity index (χ0n) is 6.35. The van der Waals surface area contributed by atoms with Crippen LogP contribution in [0.2, 0.25) is 0 Å². The van der Waals surface area contributed by atoms with Gasteiger partial charge in [0.05, 0.1) is 6.61 Å². The maximum atomic E-state index is 8.55. The first-order chi connectivity index (χ1) is 4.16. The van der Waals surface area contributed by atoms with Crippen molar-refractivity contribution in [1.82, 2.24) is 0 Å². The molecule has 0 aliphatic rings. The summed E-state index contributed by atoms with van der Waals surface area (Å²) in [6.07, 6.45) is 2.10. The molecule has 0 aliphatic carbocycles. The van der Waals surface area contributed by atoms with Crippen LogP contribution in [-0.4, -0.2) is 11.7 Å². The Labute approximate surface area is 57.4 Å². The molecule has 0 aliphatic heterocycles. The third-order valence-corrected chi connectivity index (χ3v) is 1.30. The number of aliphatic hydroxyl groups is 1. The highest BCUT2D eigenvalue weighted by atomic mass is 16.3. The van der Waals surface area contributed by atoms with Crippen molar-refractivity contribution in [2.45, 2.75) is 26.7 Å². The van der Waals surface area contributed by atoms with Crippen LogP contribution in [0.5, 0.6) is 0 Å². The van der Waals surface area contributed by atoms with Crippen LogP contribution in [0.25, 0.3) is 0 Å². The van der Waals surface area contributed by atoms with E-state index in [0.717, 1.165) is 18.4 Å². The SMILES string of the molecule is C=C(CO)CCC(C)C. The highest BCUT2D eigenvalue weighted by Gasteiger charge is 1.95. The molecule has 9 heavy (non-hydrogen) atoms. The van der Waals surface area contributed by atoms with Crippen LogP contribution in [0.15, 0.2) is 12.2 Å². The zero-order chi connectivity index (χ0) is 7.28. The molecule has 0 atom stereocenters. The fourth-order valence-corrected chi connectivity index (χ4v) is 0.572. The third kappa shape index (κ3) is 5.57. The number of rotatable bonds is 4. The first-order valence-electron chi connectivity index (χ1n) is 3.44. The van der Waals surface area contributed by atoms with E-state index in [0.29, 0.717) is 5.92 Å². The van der Waals surface area contributed by atoms with Crippen LogP contribution in [0.1, 0.15) is 26.7 Å². The van der Waals surface area contributed by atoms with E-state index in [1.807, 2.05) is 0 Å². The van der Waals surface area contributed by atoms with Gasteiger partial charge < -0.3 is 5.11 Å². The summed E-state index contributed by atoms with van der Waals surface area (Å²) in [4.78, 5) is 0. The van der Waals surface area contributed by atoms with Gasteiger partial charge in [-0.15, -0.1) is 0 Å². The summed E-state index contributed by atoms with van der Waals surface area (Å²) >= 11 is 0. The predicted molar refractivity (Wildman–Crippen MR) is 40.3 cm³/mol. The van der Waals surface area contributed by atoms with E-state index in [1.54, 1.807) is 0 Å². The molecule has 1 heteroatoms. The number of hydrogen-bond acceptors (Lipinski definition) is 1. The zero-order valence-corrected chi connectivity index (χ0v) is 6.35. The van der Waals surface area contributed by atoms with E-state index in [4.69, 9.17) is 5.11 Å². The fourth-order valence-electron chi connectivity index (χ4n) is 0.572. The molecule has 0 radical (unpaired) electrons. The molecule has 1 N–H and O–H groups in total. The van der Waals surface area contributed by atoms with Crippen molar-refractivity contribution in [2.24, 2.45) is 5.92 Å². The van der Waals surface area contributed by atoms with E-state index in [2.05, 4.69) is 20.4 Å². The number of aliphatic hydroxyl groups excluding tert-OH is 1. The average molecular weight is 128 g/mol. The topological polar surface area (TPSA) is 20.2 Å². The molecule has 0 rings (SSSR count). The summed E-state index contributed by atoms with van der Waals surface area (Å²) in [5, 5.41) is 8.55. The van der Waals surface area contributed by atoms with Crippen molar-refractivity contribution in [3.8, 4) is 0 Å². The lowest BCUT2D eigenvalue weighted by Crippen LogP contribution is -1.92. The maximum Gasteiger partial charge on any atom is 0.0639 e. The molecule has 0 spiro atoms.